The molecule has 132 valence electrons. The van der Waals surface area contributed by atoms with Gasteiger partial charge in [-0.25, -0.2) is 4.98 Å². The van der Waals surface area contributed by atoms with E-state index >= 15 is 0 Å². The van der Waals surface area contributed by atoms with Gasteiger partial charge in [0.05, 0.1) is 10.4 Å². The maximum absolute atomic E-state index is 11.8. The van der Waals surface area contributed by atoms with Crippen molar-refractivity contribution in [2.24, 2.45) is 0 Å². The highest BCUT2D eigenvalue weighted by molar-refractivity contribution is 5.82. The lowest BCUT2D eigenvalue weighted by Crippen LogP contribution is -2.48. The second-order valence-electron chi connectivity index (χ2n) is 6.41. The molecule has 1 atom stereocenters. The lowest BCUT2D eigenvalue weighted by Gasteiger charge is -2.34. The molecule has 2 heterocycles. The fourth-order valence-electron chi connectivity index (χ4n) is 3.22. The van der Waals surface area contributed by atoms with Crippen LogP contribution in [0.1, 0.15) is 32.6 Å². The second-order valence-corrected chi connectivity index (χ2v) is 6.41. The zero-order chi connectivity index (χ0) is 17.8. The molecule has 2 aromatic rings. The second kappa shape index (κ2) is 7.46. The van der Waals surface area contributed by atoms with Crippen LogP contribution in [0.25, 0.3) is 10.9 Å². The van der Waals surface area contributed by atoms with Gasteiger partial charge in [0.25, 0.3) is 5.69 Å². The van der Waals surface area contributed by atoms with Crippen molar-refractivity contribution in [1.29, 1.82) is 0 Å². The number of nitrogens with zero attached hydrogens (tertiary/aromatic N) is 3. The Labute approximate surface area is 146 Å². The van der Waals surface area contributed by atoms with E-state index in [1.807, 2.05) is 19.1 Å². The van der Waals surface area contributed by atoms with Gasteiger partial charge in [-0.3, -0.25) is 14.9 Å². The minimum atomic E-state index is -0.401. The molecule has 1 amide bonds. The number of aromatic nitrogens is 1. The highest BCUT2D eigenvalue weighted by atomic mass is 16.6. The molecule has 25 heavy (non-hydrogen) atoms. The van der Waals surface area contributed by atoms with Crippen LogP contribution in [-0.4, -0.2) is 34.9 Å². The first-order chi connectivity index (χ1) is 12.1. The first-order valence-corrected chi connectivity index (χ1v) is 8.66. The van der Waals surface area contributed by atoms with Crippen LogP contribution in [0.3, 0.4) is 0 Å². The lowest BCUT2D eigenvalue weighted by molar-refractivity contribution is -0.384. The number of carbonyl (C=O) groups excluding carboxylic acids is 1. The first kappa shape index (κ1) is 17.1. The van der Waals surface area contributed by atoms with Crippen LogP contribution >= 0.6 is 0 Å². The number of pyridine rings is 1. The van der Waals surface area contributed by atoms with Gasteiger partial charge < -0.3 is 10.2 Å². The topological polar surface area (TPSA) is 88.4 Å². The summed E-state index contributed by atoms with van der Waals surface area (Å²) in [5.74, 6) is 0.948. The van der Waals surface area contributed by atoms with Gasteiger partial charge in [-0.1, -0.05) is 6.92 Å². The maximum Gasteiger partial charge on any atom is 0.270 e. The Morgan fingerprint density at radius 3 is 3.00 bits per heavy atom. The van der Waals surface area contributed by atoms with Crippen LogP contribution in [0.4, 0.5) is 11.5 Å². The molecule has 0 spiro atoms. The molecule has 1 N–H and O–H groups in total. The minimum absolute atomic E-state index is 0.0683. The molecule has 0 unspecified atom stereocenters. The monoisotopic (exact) mass is 342 g/mol. The number of anilines is 1. The molecule has 0 saturated carbocycles. The summed E-state index contributed by atoms with van der Waals surface area (Å²) in [7, 11) is 0. The van der Waals surface area contributed by atoms with Crippen molar-refractivity contribution in [1.82, 2.24) is 10.3 Å². The third-order valence-electron chi connectivity index (χ3n) is 4.46. The highest BCUT2D eigenvalue weighted by Crippen LogP contribution is 2.24. The van der Waals surface area contributed by atoms with E-state index in [9.17, 15) is 14.9 Å². The van der Waals surface area contributed by atoms with Gasteiger partial charge >= 0.3 is 0 Å². The lowest BCUT2D eigenvalue weighted by atomic mass is 10.1. The van der Waals surface area contributed by atoms with Crippen LogP contribution in [0.5, 0.6) is 0 Å². The summed E-state index contributed by atoms with van der Waals surface area (Å²) in [6.07, 6.45) is 3.38. The number of hydrogen-bond acceptors (Lipinski definition) is 5. The molecule has 1 saturated heterocycles. The summed E-state index contributed by atoms with van der Waals surface area (Å²) in [6.45, 7) is 3.63. The Balaban J connectivity index is 1.75. The molecule has 1 aromatic carbocycles. The highest BCUT2D eigenvalue weighted by Gasteiger charge is 2.22. The number of nitro benzene ring substituents is 1. The van der Waals surface area contributed by atoms with Gasteiger partial charge in [0, 0.05) is 43.1 Å². The number of hydrogen-bond donors (Lipinski definition) is 1. The number of nitro groups is 1. The zero-order valence-corrected chi connectivity index (χ0v) is 14.3. The first-order valence-electron chi connectivity index (χ1n) is 8.66. The minimum Gasteiger partial charge on any atom is -0.355 e. The number of amides is 1. The number of rotatable bonds is 5. The zero-order valence-electron chi connectivity index (χ0n) is 14.3. The van der Waals surface area contributed by atoms with Crippen molar-refractivity contribution in [2.75, 3.05) is 18.0 Å². The number of fused-ring (bicyclic) bond motifs is 1. The average molecular weight is 342 g/mol. The Morgan fingerprint density at radius 2 is 2.24 bits per heavy atom. The largest absolute Gasteiger partial charge is 0.355 e. The quantitative estimate of drug-likeness (QED) is 0.666. The van der Waals surface area contributed by atoms with Crippen molar-refractivity contribution in [3.63, 3.8) is 0 Å². The van der Waals surface area contributed by atoms with Gasteiger partial charge in [0.1, 0.15) is 5.82 Å². The molecule has 0 bridgehead atoms. The van der Waals surface area contributed by atoms with Crippen LogP contribution < -0.4 is 10.2 Å². The number of piperidine rings is 1. The van der Waals surface area contributed by atoms with Crippen LogP contribution in [0, 0.1) is 10.1 Å². The van der Waals surface area contributed by atoms with E-state index in [2.05, 4.69) is 15.2 Å². The normalized spacial score (nSPS) is 17.5. The van der Waals surface area contributed by atoms with Gasteiger partial charge in [-0.15, -0.1) is 0 Å². The van der Waals surface area contributed by atoms with Crippen LogP contribution in [-0.2, 0) is 4.79 Å². The third-order valence-corrected chi connectivity index (χ3v) is 4.46. The van der Waals surface area contributed by atoms with E-state index in [0.29, 0.717) is 6.42 Å². The van der Waals surface area contributed by atoms with Crippen molar-refractivity contribution in [3.8, 4) is 0 Å². The fraction of sp³-hybridized carbons (Fsp3) is 0.444. The number of nitrogens with one attached hydrogen (secondary N) is 1. The van der Waals surface area contributed by atoms with E-state index in [1.54, 1.807) is 6.07 Å². The van der Waals surface area contributed by atoms with E-state index in [-0.39, 0.29) is 17.6 Å². The molecule has 1 aliphatic rings. The summed E-state index contributed by atoms with van der Waals surface area (Å²) in [4.78, 5) is 29.1. The standard InChI is InChI=1S/C18H22N4O3/c1-2-4-18(23)19-14-5-3-10-21(12-14)17-9-6-13-11-15(22(24)25)7-8-16(13)20-17/h6-9,11,14H,2-5,10,12H2,1H3,(H,19,23)/t14-/m0/s1. The van der Waals surface area contributed by atoms with E-state index in [1.165, 1.54) is 12.1 Å². The molecule has 1 aromatic heterocycles. The maximum atomic E-state index is 11.8. The molecule has 1 aliphatic heterocycles. The SMILES string of the molecule is CCCC(=O)N[C@H]1CCCN(c2ccc3cc([N+](=O)[O-])ccc3n2)C1. The smallest absolute Gasteiger partial charge is 0.270 e. The summed E-state index contributed by atoms with van der Waals surface area (Å²) in [5, 5.41) is 14.7. The average Bonchev–Trinajstić information content (AvgIpc) is 2.61. The molecule has 7 heteroatoms. The molecular formula is C18H22N4O3. The molecular weight excluding hydrogens is 320 g/mol. The predicted octanol–water partition coefficient (Wildman–Crippen LogP) is 3.03. The molecule has 7 nitrogen and oxygen atoms in total. The van der Waals surface area contributed by atoms with E-state index in [0.717, 1.165) is 49.1 Å². The summed E-state index contributed by atoms with van der Waals surface area (Å²) < 4.78 is 0. The molecule has 0 aliphatic carbocycles. The van der Waals surface area contributed by atoms with Crippen molar-refractivity contribution in [3.05, 3.63) is 40.4 Å². The summed E-state index contributed by atoms with van der Waals surface area (Å²) >= 11 is 0. The summed E-state index contributed by atoms with van der Waals surface area (Å²) in [5.41, 5.74) is 0.805. The molecule has 0 radical (unpaired) electrons. The fourth-order valence-corrected chi connectivity index (χ4v) is 3.22. The van der Waals surface area contributed by atoms with Gasteiger partial charge in [0.2, 0.25) is 5.91 Å². The Hall–Kier alpha value is -2.70. The van der Waals surface area contributed by atoms with Gasteiger partial charge in [-0.2, -0.15) is 0 Å². The van der Waals surface area contributed by atoms with Crippen molar-refractivity contribution < 1.29 is 9.72 Å². The Bertz CT molecular complexity index is 793. The molecule has 1 fully saturated rings. The van der Waals surface area contributed by atoms with Gasteiger partial charge in [-0.05, 0) is 37.5 Å². The Kier molecular flexibility index (Phi) is 5.11. The third kappa shape index (κ3) is 4.04. The van der Waals surface area contributed by atoms with E-state index < -0.39 is 4.92 Å². The van der Waals surface area contributed by atoms with Crippen molar-refractivity contribution >= 4 is 28.3 Å². The van der Waals surface area contributed by atoms with Crippen LogP contribution in [0.15, 0.2) is 30.3 Å². The number of non-ortho nitro benzene ring substituents is 1. The number of benzene rings is 1. The Morgan fingerprint density at radius 1 is 1.40 bits per heavy atom. The number of carbonyl (C=O) groups is 1. The van der Waals surface area contributed by atoms with E-state index in [4.69, 9.17) is 0 Å². The van der Waals surface area contributed by atoms with Gasteiger partial charge in [0.15, 0.2) is 0 Å². The van der Waals surface area contributed by atoms with Crippen LogP contribution in [0.2, 0.25) is 0 Å². The predicted molar refractivity (Wildman–Crippen MR) is 96.7 cm³/mol. The van der Waals surface area contributed by atoms with Crippen molar-refractivity contribution in [2.45, 2.75) is 38.6 Å². The summed E-state index contributed by atoms with van der Waals surface area (Å²) in [6, 6.07) is 8.59. The molecule has 3 rings (SSSR count).